The summed E-state index contributed by atoms with van der Waals surface area (Å²) in [7, 11) is 1.94. The van der Waals surface area contributed by atoms with Crippen LogP contribution >= 0.6 is 0 Å². The number of aryl methyl sites for hydroxylation is 2. The summed E-state index contributed by atoms with van der Waals surface area (Å²) < 4.78 is 6.16. The van der Waals surface area contributed by atoms with Crippen molar-refractivity contribution in [2.24, 2.45) is 0 Å². The highest BCUT2D eigenvalue weighted by Crippen LogP contribution is 2.32. The maximum absolute atomic E-state index is 6.16. The molecule has 2 aromatic carbocycles. The Morgan fingerprint density at radius 1 is 0.947 bits per heavy atom. The largest absolute Gasteiger partial charge is 0.456 e. The van der Waals surface area contributed by atoms with Gasteiger partial charge in [-0.25, -0.2) is 0 Å². The second-order valence-corrected chi connectivity index (χ2v) is 4.89. The Bertz CT molecular complexity index is 575. The van der Waals surface area contributed by atoms with Crippen molar-refractivity contribution in [2.45, 2.75) is 27.3 Å². The van der Waals surface area contributed by atoms with Crippen LogP contribution in [0.1, 0.15) is 22.3 Å². The molecule has 0 spiro atoms. The van der Waals surface area contributed by atoms with Crippen LogP contribution in [0.5, 0.6) is 11.5 Å². The van der Waals surface area contributed by atoms with Crippen molar-refractivity contribution in [3.05, 3.63) is 58.7 Å². The van der Waals surface area contributed by atoms with Crippen LogP contribution in [-0.4, -0.2) is 7.05 Å². The van der Waals surface area contributed by atoms with E-state index < -0.39 is 0 Å². The lowest BCUT2D eigenvalue weighted by Gasteiger charge is -2.16. The van der Waals surface area contributed by atoms with E-state index in [9.17, 15) is 0 Å². The van der Waals surface area contributed by atoms with E-state index in [0.29, 0.717) is 0 Å². The van der Waals surface area contributed by atoms with Gasteiger partial charge >= 0.3 is 0 Å². The Labute approximate surface area is 115 Å². The molecule has 2 heteroatoms. The zero-order valence-electron chi connectivity index (χ0n) is 12.1. The topological polar surface area (TPSA) is 21.3 Å². The molecule has 0 saturated carbocycles. The molecule has 0 amide bonds. The molecule has 100 valence electrons. The predicted octanol–water partition coefficient (Wildman–Crippen LogP) is 4.12. The van der Waals surface area contributed by atoms with Gasteiger partial charge in [-0.3, -0.25) is 0 Å². The summed E-state index contributed by atoms with van der Waals surface area (Å²) in [5.74, 6) is 1.90. The average Bonchev–Trinajstić information content (AvgIpc) is 2.41. The first kappa shape index (κ1) is 13.6. The molecule has 2 nitrogen and oxygen atoms in total. The number of para-hydroxylation sites is 1. The molecule has 0 fully saturated rings. The van der Waals surface area contributed by atoms with Crippen LogP contribution in [0, 0.1) is 20.8 Å². The van der Waals surface area contributed by atoms with Gasteiger partial charge in [-0.05, 0) is 50.6 Å². The number of rotatable bonds is 4. The number of benzene rings is 2. The predicted molar refractivity (Wildman–Crippen MR) is 79.9 cm³/mol. The first-order chi connectivity index (χ1) is 9.13. The zero-order valence-corrected chi connectivity index (χ0v) is 12.1. The SMILES string of the molecule is CNCc1ccccc1Oc1c(C)ccc(C)c1C. The summed E-state index contributed by atoms with van der Waals surface area (Å²) in [6.07, 6.45) is 0. The second kappa shape index (κ2) is 5.89. The van der Waals surface area contributed by atoms with Gasteiger partial charge in [-0.15, -0.1) is 0 Å². The molecule has 0 heterocycles. The summed E-state index contributed by atoms with van der Waals surface area (Å²) in [5, 5.41) is 3.17. The molecular formula is C17H21NO. The molecule has 0 aliphatic rings. The van der Waals surface area contributed by atoms with E-state index in [4.69, 9.17) is 4.74 Å². The van der Waals surface area contributed by atoms with E-state index in [1.54, 1.807) is 0 Å². The Morgan fingerprint density at radius 3 is 2.37 bits per heavy atom. The first-order valence-electron chi connectivity index (χ1n) is 6.60. The van der Waals surface area contributed by atoms with E-state index in [1.807, 2.05) is 25.2 Å². The lowest BCUT2D eigenvalue weighted by molar-refractivity contribution is 0.466. The van der Waals surface area contributed by atoms with E-state index >= 15 is 0 Å². The van der Waals surface area contributed by atoms with E-state index in [-0.39, 0.29) is 0 Å². The molecule has 0 radical (unpaired) electrons. The van der Waals surface area contributed by atoms with Crippen LogP contribution in [0.3, 0.4) is 0 Å². The molecule has 0 atom stereocenters. The van der Waals surface area contributed by atoms with Crippen molar-refractivity contribution in [3.8, 4) is 11.5 Å². The van der Waals surface area contributed by atoms with Gasteiger partial charge in [0.1, 0.15) is 11.5 Å². The fraction of sp³-hybridized carbons (Fsp3) is 0.294. The van der Waals surface area contributed by atoms with Crippen molar-refractivity contribution in [1.29, 1.82) is 0 Å². The number of hydrogen-bond donors (Lipinski definition) is 1. The van der Waals surface area contributed by atoms with Crippen molar-refractivity contribution in [3.63, 3.8) is 0 Å². The third-order valence-electron chi connectivity index (χ3n) is 3.43. The fourth-order valence-electron chi connectivity index (χ4n) is 2.13. The van der Waals surface area contributed by atoms with Crippen molar-refractivity contribution in [1.82, 2.24) is 5.32 Å². The Kier molecular flexibility index (Phi) is 4.23. The average molecular weight is 255 g/mol. The minimum Gasteiger partial charge on any atom is -0.456 e. The smallest absolute Gasteiger partial charge is 0.133 e. The summed E-state index contributed by atoms with van der Waals surface area (Å²) >= 11 is 0. The van der Waals surface area contributed by atoms with Gasteiger partial charge < -0.3 is 10.1 Å². The summed E-state index contributed by atoms with van der Waals surface area (Å²) in [5.41, 5.74) is 4.80. The Balaban J connectivity index is 2.39. The lowest BCUT2D eigenvalue weighted by atomic mass is 10.1. The summed E-state index contributed by atoms with van der Waals surface area (Å²) in [4.78, 5) is 0. The van der Waals surface area contributed by atoms with Crippen LogP contribution in [0.25, 0.3) is 0 Å². The van der Waals surface area contributed by atoms with E-state index in [0.717, 1.165) is 18.0 Å². The first-order valence-corrected chi connectivity index (χ1v) is 6.60. The highest BCUT2D eigenvalue weighted by molar-refractivity contribution is 5.48. The number of nitrogens with one attached hydrogen (secondary N) is 1. The molecule has 0 aliphatic heterocycles. The Morgan fingerprint density at radius 2 is 1.63 bits per heavy atom. The summed E-state index contributed by atoms with van der Waals surface area (Å²) in [6, 6.07) is 12.4. The quantitative estimate of drug-likeness (QED) is 0.887. The van der Waals surface area contributed by atoms with Gasteiger partial charge in [0.15, 0.2) is 0 Å². The second-order valence-electron chi connectivity index (χ2n) is 4.89. The molecule has 0 aliphatic carbocycles. The van der Waals surface area contributed by atoms with Gasteiger partial charge in [0.25, 0.3) is 0 Å². The van der Waals surface area contributed by atoms with Crippen LogP contribution in [0.4, 0.5) is 0 Å². The molecule has 0 bridgehead atoms. The minimum absolute atomic E-state index is 0.806. The molecule has 0 unspecified atom stereocenters. The highest BCUT2D eigenvalue weighted by Gasteiger charge is 2.09. The maximum Gasteiger partial charge on any atom is 0.133 e. The van der Waals surface area contributed by atoms with Crippen molar-refractivity contribution in [2.75, 3.05) is 7.05 Å². The minimum atomic E-state index is 0.806. The number of hydrogen-bond acceptors (Lipinski definition) is 2. The normalized spacial score (nSPS) is 10.5. The van der Waals surface area contributed by atoms with Gasteiger partial charge in [-0.2, -0.15) is 0 Å². The van der Waals surface area contributed by atoms with Crippen molar-refractivity contribution < 1.29 is 4.74 Å². The molecule has 1 N–H and O–H groups in total. The molecule has 0 aromatic heterocycles. The highest BCUT2D eigenvalue weighted by atomic mass is 16.5. The number of ether oxygens (including phenoxy) is 1. The van der Waals surface area contributed by atoms with Gasteiger partial charge in [-0.1, -0.05) is 30.3 Å². The third kappa shape index (κ3) is 2.96. The zero-order chi connectivity index (χ0) is 13.8. The van der Waals surface area contributed by atoms with Gasteiger partial charge in [0.2, 0.25) is 0 Å². The molecule has 2 aromatic rings. The van der Waals surface area contributed by atoms with Gasteiger partial charge in [0, 0.05) is 12.1 Å². The molecule has 19 heavy (non-hydrogen) atoms. The molecule has 0 saturated heterocycles. The standard InChI is InChI=1S/C17H21NO/c1-12-9-10-13(2)17(14(12)3)19-16-8-6-5-7-15(16)11-18-4/h5-10,18H,11H2,1-4H3. The van der Waals surface area contributed by atoms with E-state index in [2.05, 4.69) is 44.3 Å². The van der Waals surface area contributed by atoms with Crippen molar-refractivity contribution >= 4 is 0 Å². The van der Waals surface area contributed by atoms with Gasteiger partial charge in [0.05, 0.1) is 0 Å². The molecule has 2 rings (SSSR count). The van der Waals surface area contributed by atoms with E-state index in [1.165, 1.54) is 22.3 Å². The fourth-order valence-corrected chi connectivity index (χ4v) is 2.13. The Hall–Kier alpha value is -1.80. The monoisotopic (exact) mass is 255 g/mol. The van der Waals surface area contributed by atoms with Crippen LogP contribution in [-0.2, 0) is 6.54 Å². The molecular weight excluding hydrogens is 234 g/mol. The maximum atomic E-state index is 6.16. The van der Waals surface area contributed by atoms with Crippen LogP contribution in [0.15, 0.2) is 36.4 Å². The van der Waals surface area contributed by atoms with Crippen LogP contribution in [0.2, 0.25) is 0 Å². The summed E-state index contributed by atoms with van der Waals surface area (Å²) in [6.45, 7) is 7.11. The van der Waals surface area contributed by atoms with Crippen LogP contribution < -0.4 is 10.1 Å². The lowest BCUT2D eigenvalue weighted by Crippen LogP contribution is -2.06. The third-order valence-corrected chi connectivity index (χ3v) is 3.43.